The molecule has 0 saturated carbocycles. The molecule has 0 spiro atoms. The van der Waals surface area contributed by atoms with E-state index in [1.165, 1.54) is 27.7 Å². The van der Waals surface area contributed by atoms with Gasteiger partial charge in [0.2, 0.25) is 0 Å². The zero-order valence-corrected chi connectivity index (χ0v) is 16.3. The van der Waals surface area contributed by atoms with Crippen molar-refractivity contribution >= 4 is 10.9 Å². The maximum absolute atomic E-state index is 10.8. The van der Waals surface area contributed by atoms with E-state index in [9.17, 15) is 5.11 Å². The number of rotatable bonds is 3. The van der Waals surface area contributed by atoms with E-state index in [1.54, 1.807) is 0 Å². The third-order valence-electron chi connectivity index (χ3n) is 6.34. The van der Waals surface area contributed by atoms with Crippen LogP contribution in [-0.4, -0.2) is 83.3 Å². The molecular formula is C21H32N4O. The Morgan fingerprint density at radius 1 is 1.12 bits per heavy atom. The van der Waals surface area contributed by atoms with Gasteiger partial charge < -0.3 is 15.0 Å². The molecule has 0 radical (unpaired) electrons. The van der Waals surface area contributed by atoms with Gasteiger partial charge >= 0.3 is 0 Å². The normalized spacial score (nSPS) is 26.6. The fraction of sp³-hybridized carbons (Fsp3) is 0.619. The van der Waals surface area contributed by atoms with Crippen LogP contribution in [0.15, 0.2) is 18.2 Å². The summed E-state index contributed by atoms with van der Waals surface area (Å²) in [5.41, 5.74) is 5.15. The molecule has 0 aliphatic carbocycles. The summed E-state index contributed by atoms with van der Waals surface area (Å²) in [5, 5.41) is 12.1. The van der Waals surface area contributed by atoms with Crippen molar-refractivity contribution in [1.82, 2.24) is 19.7 Å². The molecule has 1 aromatic carbocycles. The number of β-amino-alcohol motifs (C(OH)–C–C–N with tert-alkyl or cyclic N) is 1. The van der Waals surface area contributed by atoms with Crippen molar-refractivity contribution < 1.29 is 5.11 Å². The van der Waals surface area contributed by atoms with Gasteiger partial charge in [0, 0.05) is 68.5 Å². The zero-order valence-electron chi connectivity index (χ0n) is 16.3. The number of benzene rings is 1. The number of nitrogens with one attached hydrogen (secondary N) is 1. The Balaban J connectivity index is 1.41. The van der Waals surface area contributed by atoms with E-state index in [-0.39, 0.29) is 6.10 Å². The number of aromatic nitrogens is 1. The summed E-state index contributed by atoms with van der Waals surface area (Å²) in [4.78, 5) is 10.9. The number of piperazine rings is 1. The monoisotopic (exact) mass is 356 g/mol. The molecule has 0 amide bonds. The second-order valence-electron chi connectivity index (χ2n) is 8.28. The maximum atomic E-state index is 10.8. The summed E-state index contributed by atoms with van der Waals surface area (Å²) >= 11 is 0. The highest BCUT2D eigenvalue weighted by atomic mass is 16.3. The lowest BCUT2D eigenvalue weighted by Gasteiger charge is -2.44. The van der Waals surface area contributed by atoms with E-state index >= 15 is 0 Å². The molecule has 2 atom stereocenters. The van der Waals surface area contributed by atoms with Crippen LogP contribution in [0, 0.1) is 13.8 Å². The molecule has 2 aromatic rings. The summed E-state index contributed by atoms with van der Waals surface area (Å²) < 4.78 is 0. The molecule has 4 rings (SSSR count). The van der Waals surface area contributed by atoms with Gasteiger partial charge in [-0.05, 0) is 45.0 Å². The van der Waals surface area contributed by atoms with Crippen molar-refractivity contribution in [2.24, 2.45) is 0 Å². The third-order valence-corrected chi connectivity index (χ3v) is 6.34. The molecule has 0 bridgehead atoms. The van der Waals surface area contributed by atoms with Crippen molar-refractivity contribution in [2.45, 2.75) is 39.0 Å². The summed E-state index contributed by atoms with van der Waals surface area (Å²) in [6.45, 7) is 11.5. The molecule has 142 valence electrons. The van der Waals surface area contributed by atoms with Gasteiger partial charge in [-0.2, -0.15) is 0 Å². The zero-order chi connectivity index (χ0) is 18.3. The predicted octanol–water partition coefficient (Wildman–Crippen LogP) is 1.97. The first-order valence-electron chi connectivity index (χ1n) is 9.92. The lowest BCUT2D eigenvalue weighted by atomic mass is 9.99. The van der Waals surface area contributed by atoms with Crippen LogP contribution in [0.4, 0.5) is 0 Å². The molecule has 2 fully saturated rings. The molecule has 2 N–H and O–H groups in total. The molecule has 2 aliphatic heterocycles. The first kappa shape index (κ1) is 18.0. The number of likely N-dealkylation sites (N-methyl/N-ethyl adjacent to an activating group) is 1. The van der Waals surface area contributed by atoms with Crippen LogP contribution in [0.3, 0.4) is 0 Å². The van der Waals surface area contributed by atoms with Crippen molar-refractivity contribution in [3.63, 3.8) is 0 Å². The second kappa shape index (κ2) is 7.31. The van der Waals surface area contributed by atoms with Crippen LogP contribution in [0.5, 0.6) is 0 Å². The number of aromatic amines is 1. The molecule has 2 aliphatic rings. The summed E-state index contributed by atoms with van der Waals surface area (Å²) in [5.74, 6) is 0. The summed E-state index contributed by atoms with van der Waals surface area (Å²) in [6.07, 6.45) is 0.808. The number of aliphatic hydroxyl groups is 1. The predicted molar refractivity (Wildman–Crippen MR) is 107 cm³/mol. The fourth-order valence-electron chi connectivity index (χ4n) is 4.59. The topological polar surface area (TPSA) is 45.7 Å². The highest BCUT2D eigenvalue weighted by Gasteiger charge is 2.33. The van der Waals surface area contributed by atoms with Crippen LogP contribution in [-0.2, 0) is 6.54 Å². The van der Waals surface area contributed by atoms with Crippen LogP contribution in [0.2, 0.25) is 0 Å². The first-order valence-corrected chi connectivity index (χ1v) is 9.92. The lowest BCUT2D eigenvalue weighted by molar-refractivity contribution is -0.0288. The van der Waals surface area contributed by atoms with Crippen molar-refractivity contribution in [3.8, 4) is 0 Å². The number of nitrogens with zero attached hydrogens (tertiary/aromatic N) is 3. The minimum absolute atomic E-state index is 0.251. The van der Waals surface area contributed by atoms with Crippen molar-refractivity contribution in [1.29, 1.82) is 0 Å². The molecule has 3 heterocycles. The number of hydrogen-bond donors (Lipinski definition) is 2. The number of aryl methyl sites for hydroxylation is 2. The van der Waals surface area contributed by atoms with E-state index in [2.05, 4.69) is 58.8 Å². The number of hydrogen-bond acceptors (Lipinski definition) is 4. The SMILES string of the molecule is Cc1ccc2[nH]c(CN3CC[C@@H](N4CCN(C)CC4)[C@H](O)C3)c(C)c2c1. The quantitative estimate of drug-likeness (QED) is 0.883. The molecule has 5 nitrogen and oxygen atoms in total. The van der Waals surface area contributed by atoms with E-state index in [1.807, 2.05) is 0 Å². The van der Waals surface area contributed by atoms with Crippen LogP contribution < -0.4 is 0 Å². The summed E-state index contributed by atoms with van der Waals surface area (Å²) in [6, 6.07) is 6.92. The fourth-order valence-corrected chi connectivity index (χ4v) is 4.59. The number of aliphatic hydroxyl groups excluding tert-OH is 1. The lowest BCUT2D eigenvalue weighted by Crippen LogP contribution is -2.58. The third kappa shape index (κ3) is 3.54. The Labute approximate surface area is 156 Å². The standard InChI is InChI=1S/C21H32N4O/c1-15-4-5-18-17(12-15)16(2)19(22-18)13-24-7-6-20(21(26)14-24)25-10-8-23(3)9-11-25/h4-5,12,20-22,26H,6-11,13-14H2,1-3H3/t20-,21-/m1/s1. The highest BCUT2D eigenvalue weighted by Crippen LogP contribution is 2.26. The van der Waals surface area contributed by atoms with Crippen LogP contribution >= 0.6 is 0 Å². The van der Waals surface area contributed by atoms with Gasteiger partial charge in [-0.15, -0.1) is 0 Å². The minimum Gasteiger partial charge on any atom is -0.390 e. The van der Waals surface area contributed by atoms with E-state index < -0.39 is 0 Å². The molecular weight excluding hydrogens is 324 g/mol. The minimum atomic E-state index is -0.251. The Kier molecular flexibility index (Phi) is 5.06. The van der Waals surface area contributed by atoms with Crippen LogP contribution in [0.25, 0.3) is 10.9 Å². The van der Waals surface area contributed by atoms with Gasteiger partial charge in [0.1, 0.15) is 0 Å². The average molecular weight is 357 g/mol. The van der Waals surface area contributed by atoms with Gasteiger partial charge in [-0.3, -0.25) is 9.80 Å². The Morgan fingerprint density at radius 3 is 2.62 bits per heavy atom. The average Bonchev–Trinajstić information content (AvgIpc) is 2.92. The van der Waals surface area contributed by atoms with Crippen molar-refractivity contribution in [2.75, 3.05) is 46.3 Å². The number of fused-ring (bicyclic) bond motifs is 1. The van der Waals surface area contributed by atoms with Gasteiger partial charge in [-0.1, -0.05) is 11.6 Å². The van der Waals surface area contributed by atoms with Crippen molar-refractivity contribution in [3.05, 3.63) is 35.0 Å². The molecule has 2 saturated heterocycles. The summed E-state index contributed by atoms with van der Waals surface area (Å²) in [7, 11) is 2.18. The number of piperidine rings is 1. The van der Waals surface area contributed by atoms with Gasteiger partial charge in [0.05, 0.1) is 6.10 Å². The van der Waals surface area contributed by atoms with E-state index in [4.69, 9.17) is 0 Å². The largest absolute Gasteiger partial charge is 0.390 e. The van der Waals surface area contributed by atoms with Gasteiger partial charge in [-0.25, -0.2) is 0 Å². The Bertz CT molecular complexity index is 763. The number of H-pyrrole nitrogens is 1. The van der Waals surface area contributed by atoms with E-state index in [0.29, 0.717) is 6.04 Å². The number of likely N-dealkylation sites (tertiary alicyclic amines) is 1. The molecule has 5 heteroatoms. The van der Waals surface area contributed by atoms with E-state index in [0.717, 1.165) is 52.2 Å². The second-order valence-corrected chi connectivity index (χ2v) is 8.28. The van der Waals surface area contributed by atoms with Crippen LogP contribution in [0.1, 0.15) is 23.2 Å². The molecule has 26 heavy (non-hydrogen) atoms. The van der Waals surface area contributed by atoms with Gasteiger partial charge in [0.25, 0.3) is 0 Å². The first-order chi connectivity index (χ1) is 12.5. The molecule has 0 unspecified atom stereocenters. The maximum Gasteiger partial charge on any atom is 0.0822 e. The van der Waals surface area contributed by atoms with Gasteiger partial charge in [0.15, 0.2) is 0 Å². The molecule has 1 aromatic heterocycles. The smallest absolute Gasteiger partial charge is 0.0822 e. The highest BCUT2D eigenvalue weighted by molar-refractivity contribution is 5.85. The Morgan fingerprint density at radius 2 is 1.88 bits per heavy atom. The Hall–Kier alpha value is -1.40.